The number of esters is 3. The van der Waals surface area contributed by atoms with Gasteiger partial charge in [0.1, 0.15) is 28.4 Å². The van der Waals surface area contributed by atoms with Gasteiger partial charge in [-0.2, -0.15) is 0 Å². The second-order valence-corrected chi connectivity index (χ2v) is 6.04. The van der Waals surface area contributed by atoms with Crippen LogP contribution in [0.1, 0.15) is 34.1 Å². The van der Waals surface area contributed by atoms with Crippen LogP contribution in [-0.2, 0) is 19.1 Å². The van der Waals surface area contributed by atoms with Gasteiger partial charge in [0, 0.05) is 19.4 Å². The molecule has 0 bridgehead atoms. The van der Waals surface area contributed by atoms with Gasteiger partial charge in [0.25, 0.3) is 0 Å². The Morgan fingerprint density at radius 3 is 2.28 bits per heavy atom. The zero-order chi connectivity index (χ0) is 23.5. The van der Waals surface area contributed by atoms with Gasteiger partial charge < -0.3 is 24.1 Å². The monoisotopic (exact) mass is 451 g/mol. The molecule has 0 saturated heterocycles. The zero-order valence-electron chi connectivity index (χ0n) is 16.9. The standard InChI is InChI=1S/C20H21NO11/c1-13(22)32-18-6-3-2-5-16(18)20(25)30-12-29-19(24)15-8-7-14(11-17(15)23)28-9-4-10-31-21(26)27/h2-3,5-8,11,23,26-27H,4,9-10,12H2,1H3. The third-order valence-corrected chi connectivity index (χ3v) is 3.69. The van der Waals surface area contributed by atoms with Crippen LogP contribution in [0.2, 0.25) is 0 Å². The summed E-state index contributed by atoms with van der Waals surface area (Å²) in [6.45, 7) is 0.563. The number of aromatic hydroxyl groups is 1. The lowest BCUT2D eigenvalue weighted by Crippen LogP contribution is -2.16. The van der Waals surface area contributed by atoms with Crippen LogP contribution in [-0.4, -0.2) is 58.8 Å². The first-order valence-corrected chi connectivity index (χ1v) is 9.16. The molecule has 2 rings (SSSR count). The maximum Gasteiger partial charge on any atom is 0.344 e. The van der Waals surface area contributed by atoms with Crippen LogP contribution in [0.15, 0.2) is 42.5 Å². The van der Waals surface area contributed by atoms with Crippen molar-refractivity contribution in [1.29, 1.82) is 0 Å². The van der Waals surface area contributed by atoms with Crippen LogP contribution in [0.25, 0.3) is 0 Å². The molecule has 172 valence electrons. The van der Waals surface area contributed by atoms with Crippen LogP contribution in [0.4, 0.5) is 0 Å². The van der Waals surface area contributed by atoms with Gasteiger partial charge in [-0.15, -0.1) is 0 Å². The number of rotatable bonds is 11. The number of nitrogens with zero attached hydrogens (tertiary/aromatic N) is 1. The second-order valence-electron chi connectivity index (χ2n) is 6.04. The smallest absolute Gasteiger partial charge is 0.344 e. The number of phenols is 1. The van der Waals surface area contributed by atoms with Crippen molar-refractivity contribution in [3.63, 3.8) is 0 Å². The van der Waals surface area contributed by atoms with Crippen LogP contribution in [0, 0.1) is 0 Å². The van der Waals surface area contributed by atoms with Crippen LogP contribution in [0.5, 0.6) is 17.2 Å². The van der Waals surface area contributed by atoms with E-state index >= 15 is 0 Å². The molecule has 0 aliphatic rings. The van der Waals surface area contributed by atoms with E-state index in [0.29, 0.717) is 6.42 Å². The number of carbonyl (C=O) groups excluding carboxylic acids is 3. The highest BCUT2D eigenvalue weighted by atomic mass is 17.1. The normalized spacial score (nSPS) is 10.5. The Hall–Kier alpha value is -3.71. The van der Waals surface area contributed by atoms with Gasteiger partial charge >= 0.3 is 17.9 Å². The number of benzene rings is 2. The van der Waals surface area contributed by atoms with Gasteiger partial charge in [-0.3, -0.25) is 20.0 Å². The summed E-state index contributed by atoms with van der Waals surface area (Å²) in [5, 5.41) is 26.4. The van der Waals surface area contributed by atoms with Gasteiger partial charge in [0.15, 0.2) is 0 Å². The van der Waals surface area contributed by atoms with E-state index in [1.54, 1.807) is 6.07 Å². The maximum atomic E-state index is 12.2. The van der Waals surface area contributed by atoms with Crippen molar-refractivity contribution in [1.82, 2.24) is 5.39 Å². The minimum atomic E-state index is -0.950. The lowest BCUT2D eigenvalue weighted by atomic mass is 10.2. The fraction of sp³-hybridized carbons (Fsp3) is 0.250. The molecule has 0 radical (unpaired) electrons. The molecule has 0 atom stereocenters. The van der Waals surface area contributed by atoms with Gasteiger partial charge in [0.05, 0.1) is 18.6 Å². The molecule has 0 aliphatic carbocycles. The molecule has 0 amide bonds. The average Bonchev–Trinajstić information content (AvgIpc) is 2.73. The first-order chi connectivity index (χ1) is 15.3. The van der Waals surface area contributed by atoms with Crippen molar-refractivity contribution in [3.8, 4) is 17.2 Å². The Morgan fingerprint density at radius 2 is 1.62 bits per heavy atom. The molecule has 2 aromatic rings. The summed E-state index contributed by atoms with van der Waals surface area (Å²) >= 11 is 0. The molecule has 3 N–H and O–H groups in total. The summed E-state index contributed by atoms with van der Waals surface area (Å²) in [7, 11) is 0. The number of para-hydroxylation sites is 1. The predicted molar refractivity (Wildman–Crippen MR) is 103 cm³/mol. The number of carbonyl (C=O) groups is 3. The van der Waals surface area contributed by atoms with E-state index in [0.717, 1.165) is 0 Å². The first-order valence-electron chi connectivity index (χ1n) is 9.16. The highest BCUT2D eigenvalue weighted by Crippen LogP contribution is 2.25. The van der Waals surface area contributed by atoms with E-state index in [1.165, 1.54) is 43.3 Å². The summed E-state index contributed by atoms with van der Waals surface area (Å²) in [5.41, 5.74) is -0.215. The van der Waals surface area contributed by atoms with E-state index in [-0.39, 0.29) is 35.8 Å². The molecule has 32 heavy (non-hydrogen) atoms. The Balaban J connectivity index is 1.84. The van der Waals surface area contributed by atoms with Gasteiger partial charge in [-0.05, 0) is 24.3 Å². The van der Waals surface area contributed by atoms with E-state index < -0.39 is 35.8 Å². The Kier molecular flexibility index (Phi) is 9.38. The average molecular weight is 451 g/mol. The number of hydrogen-bond donors (Lipinski definition) is 3. The highest BCUT2D eigenvalue weighted by molar-refractivity contribution is 5.94. The third-order valence-electron chi connectivity index (χ3n) is 3.69. The second kappa shape index (κ2) is 12.2. The van der Waals surface area contributed by atoms with Crippen LogP contribution in [0.3, 0.4) is 0 Å². The van der Waals surface area contributed by atoms with Crippen molar-refractivity contribution < 1.29 is 53.7 Å². The molecule has 0 saturated carbocycles. The summed E-state index contributed by atoms with van der Waals surface area (Å²) in [6, 6.07) is 9.74. The molecule has 0 aromatic heterocycles. The summed E-state index contributed by atoms with van der Waals surface area (Å²) in [4.78, 5) is 39.7. The minimum Gasteiger partial charge on any atom is -0.507 e. The minimum absolute atomic E-state index is 0.00108. The molecule has 2 aromatic carbocycles. The van der Waals surface area contributed by atoms with Crippen molar-refractivity contribution in [2.24, 2.45) is 0 Å². The van der Waals surface area contributed by atoms with Crippen molar-refractivity contribution in [3.05, 3.63) is 53.6 Å². The quantitative estimate of drug-likeness (QED) is 0.150. The summed E-state index contributed by atoms with van der Waals surface area (Å²) in [5.74, 6) is -2.62. The lowest BCUT2D eigenvalue weighted by Gasteiger charge is -2.11. The topological polar surface area (TPSA) is 161 Å². The van der Waals surface area contributed by atoms with Crippen LogP contribution >= 0.6 is 0 Å². The van der Waals surface area contributed by atoms with Gasteiger partial charge in [-0.25, -0.2) is 9.59 Å². The molecular weight excluding hydrogens is 430 g/mol. The lowest BCUT2D eigenvalue weighted by molar-refractivity contribution is -0.492. The largest absolute Gasteiger partial charge is 0.507 e. The van der Waals surface area contributed by atoms with Crippen LogP contribution < -0.4 is 9.47 Å². The predicted octanol–water partition coefficient (Wildman–Crippen LogP) is 2.07. The molecule has 0 heterocycles. The molecule has 0 spiro atoms. The number of phenolic OH excluding ortho intramolecular Hbond substituents is 1. The maximum absolute atomic E-state index is 12.2. The van der Waals surface area contributed by atoms with E-state index in [9.17, 15) is 19.5 Å². The molecule has 0 aliphatic heterocycles. The Labute approximate surface area is 181 Å². The molecule has 12 nitrogen and oxygen atoms in total. The zero-order valence-corrected chi connectivity index (χ0v) is 16.9. The fourth-order valence-electron chi connectivity index (χ4n) is 2.34. The van der Waals surface area contributed by atoms with Gasteiger partial charge in [-0.1, -0.05) is 12.1 Å². The van der Waals surface area contributed by atoms with Crippen molar-refractivity contribution in [2.45, 2.75) is 13.3 Å². The van der Waals surface area contributed by atoms with E-state index in [2.05, 4.69) is 4.84 Å². The first kappa shape index (κ1) is 24.6. The molecule has 12 heteroatoms. The van der Waals surface area contributed by atoms with Crippen molar-refractivity contribution in [2.75, 3.05) is 20.0 Å². The van der Waals surface area contributed by atoms with Gasteiger partial charge in [0.2, 0.25) is 6.79 Å². The Morgan fingerprint density at radius 1 is 0.938 bits per heavy atom. The van der Waals surface area contributed by atoms with E-state index in [1.807, 2.05) is 0 Å². The highest BCUT2D eigenvalue weighted by Gasteiger charge is 2.17. The third kappa shape index (κ3) is 7.85. The van der Waals surface area contributed by atoms with E-state index in [4.69, 9.17) is 29.4 Å². The van der Waals surface area contributed by atoms with Crippen molar-refractivity contribution >= 4 is 17.9 Å². The molecule has 0 unspecified atom stereocenters. The molecular formula is C20H21NO11. The number of hydrogen-bond acceptors (Lipinski definition) is 12. The number of ether oxygens (including phenoxy) is 4. The summed E-state index contributed by atoms with van der Waals surface area (Å²) in [6.07, 6.45) is 0.314. The fourth-order valence-corrected chi connectivity index (χ4v) is 2.34. The SMILES string of the molecule is CC(=O)Oc1ccccc1C(=O)OCOC(=O)c1ccc(OCCCON(O)O)cc1O. The summed E-state index contributed by atoms with van der Waals surface area (Å²) < 4.78 is 19.9. The molecule has 0 fully saturated rings. The Bertz CT molecular complexity index is 945.